The molecule has 4 rings (SSSR count). The van der Waals surface area contributed by atoms with E-state index in [4.69, 9.17) is 9.51 Å². The summed E-state index contributed by atoms with van der Waals surface area (Å²) in [5.74, 6) is 1.16. The van der Waals surface area contributed by atoms with Crippen LogP contribution in [0.15, 0.2) is 35.2 Å². The molecule has 0 aromatic carbocycles. The Bertz CT molecular complexity index is 977. The first kappa shape index (κ1) is 18.3. The summed E-state index contributed by atoms with van der Waals surface area (Å²) in [6, 6.07) is 3.72. The van der Waals surface area contributed by atoms with E-state index < -0.39 is 0 Å². The van der Waals surface area contributed by atoms with Crippen LogP contribution in [0.5, 0.6) is 0 Å². The number of aromatic nitrogens is 4. The molecule has 28 heavy (non-hydrogen) atoms. The molecule has 1 fully saturated rings. The van der Waals surface area contributed by atoms with Crippen molar-refractivity contribution < 1.29 is 9.32 Å². The van der Waals surface area contributed by atoms with Crippen molar-refractivity contribution in [3.8, 4) is 11.3 Å². The third-order valence-corrected chi connectivity index (χ3v) is 5.20. The fourth-order valence-electron chi connectivity index (χ4n) is 3.73. The zero-order valence-electron chi connectivity index (χ0n) is 16.3. The summed E-state index contributed by atoms with van der Waals surface area (Å²) in [6.45, 7) is 7.18. The predicted molar refractivity (Wildman–Crippen MR) is 104 cm³/mol. The molecule has 0 spiro atoms. The van der Waals surface area contributed by atoms with Crippen LogP contribution < -0.4 is 0 Å². The second kappa shape index (κ2) is 7.50. The summed E-state index contributed by atoms with van der Waals surface area (Å²) in [5, 5.41) is 4.00. The van der Waals surface area contributed by atoms with E-state index in [2.05, 4.69) is 15.1 Å². The Balaban J connectivity index is 1.44. The number of aryl methyl sites for hydroxylation is 3. The lowest BCUT2D eigenvalue weighted by Gasteiger charge is -2.16. The van der Waals surface area contributed by atoms with Crippen LogP contribution in [0.4, 0.5) is 0 Å². The largest absolute Gasteiger partial charge is 0.361 e. The van der Waals surface area contributed by atoms with Gasteiger partial charge < -0.3 is 9.42 Å². The molecule has 0 aliphatic carbocycles. The van der Waals surface area contributed by atoms with Gasteiger partial charge in [0.1, 0.15) is 5.76 Å². The van der Waals surface area contributed by atoms with Crippen LogP contribution in [0.3, 0.4) is 0 Å². The Morgan fingerprint density at radius 1 is 1.21 bits per heavy atom. The topological polar surface area (TPSA) is 85.0 Å². The number of carbonyl (C=O) groups excluding carboxylic acids is 1. The second-order valence-electron chi connectivity index (χ2n) is 7.39. The molecule has 0 N–H and O–H groups in total. The zero-order valence-corrected chi connectivity index (χ0v) is 16.3. The van der Waals surface area contributed by atoms with Crippen molar-refractivity contribution in [2.45, 2.75) is 33.6 Å². The molecule has 1 aliphatic rings. The van der Waals surface area contributed by atoms with Crippen LogP contribution in [0.1, 0.15) is 39.6 Å². The van der Waals surface area contributed by atoms with E-state index in [9.17, 15) is 4.79 Å². The predicted octanol–water partition coefficient (Wildman–Crippen LogP) is 3.16. The summed E-state index contributed by atoms with van der Waals surface area (Å²) < 4.78 is 5.25. The van der Waals surface area contributed by atoms with Gasteiger partial charge in [-0.1, -0.05) is 5.16 Å². The summed E-state index contributed by atoms with van der Waals surface area (Å²) in [4.78, 5) is 27.9. The smallest absolute Gasteiger partial charge is 0.255 e. The molecule has 0 unspecified atom stereocenters. The van der Waals surface area contributed by atoms with Gasteiger partial charge in [-0.2, -0.15) is 0 Å². The van der Waals surface area contributed by atoms with Crippen LogP contribution in [0.2, 0.25) is 0 Å². The number of amides is 1. The monoisotopic (exact) mass is 377 g/mol. The molecule has 7 heteroatoms. The highest BCUT2D eigenvalue weighted by Gasteiger charge is 2.27. The Kier molecular flexibility index (Phi) is 4.90. The molecule has 3 aromatic rings. The molecule has 1 atom stereocenters. The van der Waals surface area contributed by atoms with Gasteiger partial charge in [-0.25, -0.2) is 4.98 Å². The minimum absolute atomic E-state index is 0.0468. The normalized spacial score (nSPS) is 16.5. The van der Waals surface area contributed by atoms with Crippen molar-refractivity contribution in [1.29, 1.82) is 0 Å². The van der Waals surface area contributed by atoms with Crippen molar-refractivity contribution in [3.05, 3.63) is 59.1 Å². The first-order valence-electron chi connectivity index (χ1n) is 9.47. The van der Waals surface area contributed by atoms with Crippen molar-refractivity contribution in [2.24, 2.45) is 5.92 Å². The quantitative estimate of drug-likeness (QED) is 0.694. The third-order valence-electron chi connectivity index (χ3n) is 5.20. The van der Waals surface area contributed by atoms with Gasteiger partial charge in [0.2, 0.25) is 0 Å². The van der Waals surface area contributed by atoms with Gasteiger partial charge in [0.05, 0.1) is 34.4 Å². The van der Waals surface area contributed by atoms with Gasteiger partial charge in [-0.15, -0.1) is 0 Å². The van der Waals surface area contributed by atoms with Crippen molar-refractivity contribution >= 4 is 5.91 Å². The van der Waals surface area contributed by atoms with Crippen molar-refractivity contribution in [1.82, 2.24) is 25.0 Å². The van der Waals surface area contributed by atoms with Crippen LogP contribution >= 0.6 is 0 Å². The van der Waals surface area contributed by atoms with Crippen LogP contribution in [0.25, 0.3) is 11.3 Å². The van der Waals surface area contributed by atoms with Gasteiger partial charge in [-0.3, -0.25) is 14.8 Å². The zero-order chi connectivity index (χ0) is 19.7. The molecule has 0 saturated carbocycles. The average Bonchev–Trinajstić information content (AvgIpc) is 3.28. The molecule has 4 heterocycles. The lowest BCUT2D eigenvalue weighted by Crippen LogP contribution is -2.29. The standard InChI is InChI=1S/C21H23N5O2/c1-13-4-5-17(9-23-13)21(27)26-7-6-16(12-26)8-18-10-22-11-19(24-18)20-14(2)25-28-15(20)3/h4-5,9-11,16H,6-8,12H2,1-3H3/t16-/m1/s1. The number of rotatable bonds is 4. The number of hydrogen-bond acceptors (Lipinski definition) is 6. The molecule has 1 saturated heterocycles. The van der Waals surface area contributed by atoms with Gasteiger partial charge in [0.25, 0.3) is 5.91 Å². The second-order valence-corrected chi connectivity index (χ2v) is 7.39. The molecule has 144 valence electrons. The Morgan fingerprint density at radius 2 is 2.07 bits per heavy atom. The van der Waals surface area contributed by atoms with Crippen molar-refractivity contribution in [2.75, 3.05) is 13.1 Å². The molecule has 0 bridgehead atoms. The SMILES string of the molecule is Cc1ccc(C(=O)N2CC[C@H](Cc3cncc(-c4c(C)noc4C)n3)C2)cn1. The van der Waals surface area contributed by atoms with E-state index >= 15 is 0 Å². The molecule has 1 aliphatic heterocycles. The Labute approximate surface area is 163 Å². The number of hydrogen-bond donors (Lipinski definition) is 0. The van der Waals surface area contributed by atoms with Gasteiger partial charge in [-0.05, 0) is 51.7 Å². The fraction of sp³-hybridized carbons (Fsp3) is 0.381. The van der Waals surface area contributed by atoms with Crippen LogP contribution in [-0.2, 0) is 6.42 Å². The lowest BCUT2D eigenvalue weighted by molar-refractivity contribution is 0.0786. The first-order valence-corrected chi connectivity index (χ1v) is 9.47. The van der Waals surface area contributed by atoms with Gasteiger partial charge in [0, 0.05) is 31.2 Å². The third kappa shape index (κ3) is 3.65. The van der Waals surface area contributed by atoms with Gasteiger partial charge >= 0.3 is 0 Å². The number of nitrogens with zero attached hydrogens (tertiary/aromatic N) is 5. The van der Waals surface area contributed by atoms with Gasteiger partial charge in [0.15, 0.2) is 0 Å². The van der Waals surface area contributed by atoms with E-state index in [1.165, 1.54) is 0 Å². The van der Waals surface area contributed by atoms with Crippen LogP contribution in [0, 0.1) is 26.7 Å². The summed E-state index contributed by atoms with van der Waals surface area (Å²) in [5.41, 5.74) is 4.98. The maximum atomic E-state index is 12.7. The molecule has 0 radical (unpaired) electrons. The molecule has 3 aromatic heterocycles. The highest BCUT2D eigenvalue weighted by atomic mass is 16.5. The highest BCUT2D eigenvalue weighted by Crippen LogP contribution is 2.26. The number of likely N-dealkylation sites (tertiary alicyclic amines) is 1. The number of pyridine rings is 1. The van der Waals surface area contributed by atoms with Crippen LogP contribution in [-0.4, -0.2) is 44.0 Å². The molecular weight excluding hydrogens is 354 g/mol. The average molecular weight is 377 g/mol. The van der Waals surface area contributed by atoms with E-state index in [1.54, 1.807) is 18.6 Å². The molecule has 7 nitrogen and oxygen atoms in total. The van der Waals surface area contributed by atoms with E-state index in [0.29, 0.717) is 11.5 Å². The van der Waals surface area contributed by atoms with E-state index in [-0.39, 0.29) is 5.91 Å². The summed E-state index contributed by atoms with van der Waals surface area (Å²) in [7, 11) is 0. The minimum atomic E-state index is 0.0468. The highest BCUT2D eigenvalue weighted by molar-refractivity contribution is 5.94. The maximum absolute atomic E-state index is 12.7. The fourth-order valence-corrected chi connectivity index (χ4v) is 3.73. The first-order chi connectivity index (χ1) is 13.5. The van der Waals surface area contributed by atoms with Crippen molar-refractivity contribution in [3.63, 3.8) is 0 Å². The lowest BCUT2D eigenvalue weighted by atomic mass is 10.0. The Morgan fingerprint density at radius 3 is 2.79 bits per heavy atom. The minimum Gasteiger partial charge on any atom is -0.361 e. The van der Waals surface area contributed by atoms with E-state index in [1.807, 2.05) is 37.8 Å². The molecular formula is C21H23N5O2. The Hall–Kier alpha value is -3.09. The summed E-state index contributed by atoms with van der Waals surface area (Å²) >= 11 is 0. The van der Waals surface area contributed by atoms with E-state index in [0.717, 1.165) is 60.0 Å². The maximum Gasteiger partial charge on any atom is 0.255 e. The molecule has 1 amide bonds. The summed E-state index contributed by atoms with van der Waals surface area (Å²) in [6.07, 6.45) is 6.95. The number of carbonyl (C=O) groups is 1.